The van der Waals surface area contributed by atoms with Gasteiger partial charge in [0.15, 0.2) is 6.23 Å². The average molecular weight is 465 g/mol. The van der Waals surface area contributed by atoms with Crippen LogP contribution in [0.1, 0.15) is 42.2 Å². The smallest absolute Gasteiger partial charge is 0.150 e. The molecule has 0 amide bonds. The van der Waals surface area contributed by atoms with Gasteiger partial charge in [-0.25, -0.2) is 9.67 Å². The van der Waals surface area contributed by atoms with Crippen LogP contribution >= 0.6 is 15.9 Å². The Morgan fingerprint density at radius 1 is 1.23 bits per heavy atom. The minimum absolute atomic E-state index is 0.0600. The Bertz CT molecular complexity index is 1340. The minimum Gasteiger partial charge on any atom is -0.384 e. The molecule has 1 saturated heterocycles. The molecular weight excluding hydrogens is 444 g/mol. The van der Waals surface area contributed by atoms with E-state index in [1.807, 2.05) is 35.4 Å². The highest BCUT2D eigenvalue weighted by atomic mass is 79.9. The summed E-state index contributed by atoms with van der Waals surface area (Å²) < 4.78 is 10.5. The number of pyridine rings is 1. The van der Waals surface area contributed by atoms with Crippen molar-refractivity contribution >= 4 is 43.7 Å². The Morgan fingerprint density at radius 3 is 2.80 bits per heavy atom. The van der Waals surface area contributed by atoms with Crippen LogP contribution in [0.2, 0.25) is 0 Å². The van der Waals surface area contributed by atoms with Gasteiger partial charge < -0.3 is 10.5 Å². The third kappa shape index (κ3) is 2.73. The molecule has 1 fully saturated rings. The number of nitrogen functional groups attached to an aromatic ring is 1. The maximum atomic E-state index is 9.78. The van der Waals surface area contributed by atoms with Crippen LogP contribution in [0.25, 0.3) is 27.6 Å². The van der Waals surface area contributed by atoms with Crippen LogP contribution < -0.4 is 5.73 Å². The lowest BCUT2D eigenvalue weighted by molar-refractivity contribution is -0.0366. The highest BCUT2D eigenvalue weighted by Gasteiger charge is 2.24. The van der Waals surface area contributed by atoms with Crippen LogP contribution in [0.5, 0.6) is 0 Å². The third-order valence-electron chi connectivity index (χ3n) is 5.83. The molecule has 0 bridgehead atoms. The summed E-state index contributed by atoms with van der Waals surface area (Å²) in [6, 6.07) is 8.33. The van der Waals surface area contributed by atoms with E-state index in [0.29, 0.717) is 17.0 Å². The van der Waals surface area contributed by atoms with Crippen molar-refractivity contribution in [2.45, 2.75) is 39.3 Å². The number of aryl methyl sites for hydroxylation is 2. The molecule has 7 nitrogen and oxygen atoms in total. The molecule has 8 heteroatoms. The molecule has 1 aliphatic heterocycles. The predicted molar refractivity (Wildman–Crippen MR) is 120 cm³/mol. The molecule has 4 heterocycles. The molecule has 30 heavy (non-hydrogen) atoms. The number of nitriles is 1. The van der Waals surface area contributed by atoms with E-state index in [4.69, 9.17) is 15.5 Å². The first-order valence-corrected chi connectivity index (χ1v) is 10.8. The van der Waals surface area contributed by atoms with Gasteiger partial charge in [0, 0.05) is 17.4 Å². The number of benzene rings is 1. The second kappa shape index (κ2) is 7.11. The molecule has 0 saturated carbocycles. The summed E-state index contributed by atoms with van der Waals surface area (Å²) in [6.45, 7) is 4.73. The van der Waals surface area contributed by atoms with Gasteiger partial charge in [-0.15, -0.1) is 0 Å². The molecule has 0 aliphatic carbocycles. The number of nitrogens with zero attached hydrogens (tertiary/aromatic N) is 5. The zero-order valence-corrected chi connectivity index (χ0v) is 18.4. The van der Waals surface area contributed by atoms with Gasteiger partial charge in [-0.1, -0.05) is 6.07 Å². The first-order valence-electron chi connectivity index (χ1n) is 9.97. The monoisotopic (exact) mass is 464 g/mol. The van der Waals surface area contributed by atoms with Crippen molar-refractivity contribution in [2.24, 2.45) is 0 Å². The van der Waals surface area contributed by atoms with Crippen LogP contribution in [0.4, 0.5) is 5.82 Å². The van der Waals surface area contributed by atoms with Gasteiger partial charge in [0.05, 0.1) is 17.4 Å². The van der Waals surface area contributed by atoms with E-state index in [1.54, 1.807) is 0 Å². The number of rotatable bonds is 2. The van der Waals surface area contributed by atoms with Gasteiger partial charge in [-0.2, -0.15) is 10.4 Å². The summed E-state index contributed by atoms with van der Waals surface area (Å²) in [4.78, 5) is 4.72. The fourth-order valence-corrected chi connectivity index (χ4v) is 4.59. The topological polar surface area (TPSA) is 94.7 Å². The van der Waals surface area contributed by atoms with E-state index >= 15 is 0 Å². The number of aromatic nitrogens is 4. The number of nitrogens with two attached hydrogens (primary N) is 1. The molecule has 5 rings (SSSR count). The van der Waals surface area contributed by atoms with Gasteiger partial charge in [0.2, 0.25) is 0 Å². The predicted octanol–water partition coefficient (Wildman–Crippen LogP) is 4.91. The van der Waals surface area contributed by atoms with E-state index in [9.17, 15) is 5.26 Å². The SMILES string of the molecule is Cc1cc2c(C#N)c(N)n(-c3c(C)ccc4c3cnn4C3CCCCO3)c2nc1Br. The van der Waals surface area contributed by atoms with Crippen molar-refractivity contribution < 1.29 is 4.74 Å². The molecule has 1 atom stereocenters. The fraction of sp³-hybridized carbons (Fsp3) is 0.318. The summed E-state index contributed by atoms with van der Waals surface area (Å²) in [5, 5.41) is 16.1. The molecule has 0 radical (unpaired) electrons. The van der Waals surface area contributed by atoms with Crippen molar-refractivity contribution in [1.29, 1.82) is 5.26 Å². The zero-order valence-electron chi connectivity index (χ0n) is 16.8. The molecule has 4 aromatic rings. The largest absolute Gasteiger partial charge is 0.384 e. The molecule has 0 spiro atoms. The fourth-order valence-electron chi connectivity index (χ4n) is 4.30. The number of hydrogen-bond donors (Lipinski definition) is 1. The third-order valence-corrected chi connectivity index (χ3v) is 6.63. The summed E-state index contributed by atoms with van der Waals surface area (Å²) >= 11 is 3.52. The number of anilines is 1. The lowest BCUT2D eigenvalue weighted by Gasteiger charge is -2.23. The summed E-state index contributed by atoms with van der Waals surface area (Å²) in [7, 11) is 0. The Labute approximate surface area is 182 Å². The van der Waals surface area contributed by atoms with E-state index in [1.165, 1.54) is 0 Å². The minimum atomic E-state index is -0.0600. The van der Waals surface area contributed by atoms with Gasteiger partial charge in [0.25, 0.3) is 0 Å². The average Bonchev–Trinajstić information content (AvgIpc) is 3.28. The molecule has 1 aromatic carbocycles. The Hall–Kier alpha value is -2.89. The van der Waals surface area contributed by atoms with Crippen molar-refractivity contribution in [3.8, 4) is 11.8 Å². The number of hydrogen-bond acceptors (Lipinski definition) is 5. The van der Waals surface area contributed by atoms with Gasteiger partial charge in [0.1, 0.15) is 27.7 Å². The van der Waals surface area contributed by atoms with E-state index < -0.39 is 0 Å². The van der Waals surface area contributed by atoms with Crippen molar-refractivity contribution in [3.05, 3.63) is 45.7 Å². The molecule has 2 N–H and O–H groups in total. The van der Waals surface area contributed by atoms with Crippen LogP contribution in [0.15, 0.2) is 29.0 Å². The van der Waals surface area contributed by atoms with Crippen molar-refractivity contribution in [2.75, 3.05) is 12.3 Å². The van der Waals surface area contributed by atoms with Gasteiger partial charge >= 0.3 is 0 Å². The number of halogens is 1. The first-order chi connectivity index (χ1) is 14.5. The maximum absolute atomic E-state index is 9.78. The van der Waals surface area contributed by atoms with E-state index in [0.717, 1.165) is 63.6 Å². The van der Waals surface area contributed by atoms with Gasteiger partial charge in [-0.3, -0.25) is 4.57 Å². The number of ether oxygens (including phenoxy) is 1. The molecule has 1 aliphatic rings. The summed E-state index contributed by atoms with van der Waals surface area (Å²) in [5.74, 6) is 0.384. The summed E-state index contributed by atoms with van der Waals surface area (Å²) in [5.41, 5.74) is 11.4. The Balaban J connectivity index is 1.82. The van der Waals surface area contributed by atoms with Crippen molar-refractivity contribution in [1.82, 2.24) is 19.3 Å². The zero-order chi connectivity index (χ0) is 21.0. The standard InChI is InChI=1S/C22H21BrN6O/c1-12-6-7-17-16(11-26-29(17)18-5-3-4-8-30-18)19(12)28-21(25)15(10-24)14-9-13(2)20(23)27-22(14)28/h6-7,9,11,18H,3-5,8,25H2,1-2H3. The quantitative estimate of drug-likeness (QED) is 0.425. The first kappa shape index (κ1) is 19.1. The Morgan fingerprint density at radius 2 is 2.07 bits per heavy atom. The second-order valence-corrected chi connectivity index (χ2v) is 8.50. The van der Waals surface area contributed by atoms with Crippen LogP contribution in [0.3, 0.4) is 0 Å². The Kier molecular flexibility index (Phi) is 4.53. The summed E-state index contributed by atoms with van der Waals surface area (Å²) in [6.07, 6.45) is 4.96. The lowest BCUT2D eigenvalue weighted by Crippen LogP contribution is -2.19. The maximum Gasteiger partial charge on any atom is 0.150 e. The highest BCUT2D eigenvalue weighted by molar-refractivity contribution is 9.10. The van der Waals surface area contributed by atoms with Crippen LogP contribution in [-0.2, 0) is 4.74 Å². The van der Waals surface area contributed by atoms with Crippen LogP contribution in [0, 0.1) is 25.2 Å². The second-order valence-electron chi connectivity index (χ2n) is 7.75. The number of fused-ring (bicyclic) bond motifs is 2. The normalized spacial score (nSPS) is 16.9. The lowest BCUT2D eigenvalue weighted by atomic mass is 10.1. The van der Waals surface area contributed by atoms with Gasteiger partial charge in [-0.05, 0) is 72.3 Å². The molecule has 152 valence electrons. The van der Waals surface area contributed by atoms with E-state index in [-0.39, 0.29) is 6.23 Å². The molecule has 3 aromatic heterocycles. The van der Waals surface area contributed by atoms with Crippen LogP contribution in [-0.4, -0.2) is 25.9 Å². The van der Waals surface area contributed by atoms with Crippen molar-refractivity contribution in [3.63, 3.8) is 0 Å². The van der Waals surface area contributed by atoms with E-state index in [2.05, 4.69) is 39.2 Å². The highest BCUT2D eigenvalue weighted by Crippen LogP contribution is 2.37. The molecule has 1 unspecified atom stereocenters. The molecular formula is C22H21BrN6O.